The van der Waals surface area contributed by atoms with Crippen LogP contribution in [0.5, 0.6) is 0 Å². The van der Waals surface area contributed by atoms with Crippen LogP contribution < -0.4 is 0 Å². The molecule has 0 aliphatic rings. The van der Waals surface area contributed by atoms with Crippen molar-refractivity contribution < 1.29 is 0 Å². The Kier molecular flexibility index (Phi) is 7.30. The number of nitrogens with zero attached hydrogens (tertiary/aromatic N) is 6. The van der Waals surface area contributed by atoms with Gasteiger partial charge in [0.25, 0.3) is 0 Å². The summed E-state index contributed by atoms with van der Waals surface area (Å²) in [6.45, 7) is 0. The van der Waals surface area contributed by atoms with E-state index in [4.69, 9.17) is 9.97 Å². The fourth-order valence-electron chi connectivity index (χ4n) is 10.5. The van der Waals surface area contributed by atoms with Crippen LogP contribution in [-0.2, 0) is 0 Å². The van der Waals surface area contributed by atoms with Crippen molar-refractivity contribution >= 4 is 87.2 Å². The molecule has 0 aliphatic carbocycles. The summed E-state index contributed by atoms with van der Waals surface area (Å²) >= 11 is 0. The predicted octanol–water partition coefficient (Wildman–Crippen LogP) is 14.5. The highest BCUT2D eigenvalue weighted by atomic mass is 15.2. The van der Waals surface area contributed by atoms with Gasteiger partial charge in [0.15, 0.2) is 5.82 Å². The highest BCUT2D eigenvalue weighted by Crippen LogP contribution is 2.41. The van der Waals surface area contributed by atoms with Crippen LogP contribution in [0.25, 0.3) is 122 Å². The van der Waals surface area contributed by atoms with Gasteiger partial charge in [0, 0.05) is 60.4 Å². The summed E-state index contributed by atoms with van der Waals surface area (Å²) < 4.78 is 9.40. The largest absolute Gasteiger partial charge is 0.309 e. The molecule has 0 saturated carbocycles. The molecule has 0 aliphatic heterocycles. The molecule has 14 rings (SSSR count). The molecule has 298 valence electrons. The molecule has 0 amide bonds. The summed E-state index contributed by atoms with van der Waals surface area (Å²) in [6, 6.07) is 78.3. The predicted molar refractivity (Wildman–Crippen MR) is 265 cm³/mol. The van der Waals surface area contributed by atoms with Gasteiger partial charge in [-0.25, -0.2) is 9.97 Å². The Balaban J connectivity index is 1.15. The minimum absolute atomic E-state index is 0.621. The van der Waals surface area contributed by atoms with E-state index in [1.807, 2.05) is 0 Å². The van der Waals surface area contributed by atoms with Crippen LogP contribution in [0.1, 0.15) is 0 Å². The third-order valence-electron chi connectivity index (χ3n) is 13.2. The first kappa shape index (κ1) is 34.9. The van der Waals surface area contributed by atoms with E-state index in [9.17, 15) is 0 Å². The highest BCUT2D eigenvalue weighted by Gasteiger charge is 2.23. The molecule has 5 aromatic heterocycles. The third kappa shape index (κ3) is 4.90. The van der Waals surface area contributed by atoms with E-state index in [0.29, 0.717) is 5.82 Å². The van der Waals surface area contributed by atoms with Gasteiger partial charge in [0.1, 0.15) is 11.6 Å². The Hall–Kier alpha value is -8.74. The highest BCUT2D eigenvalue weighted by molar-refractivity contribution is 6.12. The minimum Gasteiger partial charge on any atom is -0.309 e. The van der Waals surface area contributed by atoms with Gasteiger partial charge >= 0.3 is 0 Å². The van der Waals surface area contributed by atoms with Crippen molar-refractivity contribution in [3.8, 4) is 34.4 Å². The Morgan fingerprint density at radius 1 is 0.250 bits per heavy atom. The van der Waals surface area contributed by atoms with E-state index in [1.165, 1.54) is 43.1 Å². The number of fused-ring (bicyclic) bond motifs is 12. The van der Waals surface area contributed by atoms with Gasteiger partial charge in [0.05, 0.1) is 49.8 Å². The summed E-state index contributed by atoms with van der Waals surface area (Å²) in [5.74, 6) is 2.19. The van der Waals surface area contributed by atoms with Crippen molar-refractivity contribution in [2.75, 3.05) is 0 Å². The summed E-state index contributed by atoms with van der Waals surface area (Å²) in [7, 11) is 0. The zero-order valence-electron chi connectivity index (χ0n) is 34.5. The molecule has 0 fully saturated rings. The van der Waals surface area contributed by atoms with Crippen molar-refractivity contribution in [2.45, 2.75) is 0 Å². The van der Waals surface area contributed by atoms with E-state index in [-0.39, 0.29) is 0 Å². The van der Waals surface area contributed by atoms with Gasteiger partial charge in [-0.05, 0) is 66.7 Å². The average molecular weight is 817 g/mol. The zero-order valence-corrected chi connectivity index (χ0v) is 34.5. The quantitative estimate of drug-likeness (QED) is 0.174. The van der Waals surface area contributed by atoms with E-state index in [2.05, 4.69) is 237 Å². The molecular formula is C58H36N6. The van der Waals surface area contributed by atoms with Crippen LogP contribution in [-0.4, -0.2) is 28.2 Å². The van der Waals surface area contributed by atoms with Crippen LogP contribution in [0, 0.1) is 0 Å². The smallest absolute Gasteiger partial charge is 0.166 e. The monoisotopic (exact) mass is 816 g/mol. The van der Waals surface area contributed by atoms with Crippen molar-refractivity contribution in [1.29, 1.82) is 0 Å². The lowest BCUT2D eigenvalue weighted by Crippen LogP contribution is -2.08. The average Bonchev–Trinajstić information content (AvgIpc) is 4.09. The van der Waals surface area contributed by atoms with Crippen molar-refractivity contribution in [3.63, 3.8) is 0 Å². The Morgan fingerprint density at radius 3 is 0.859 bits per heavy atom. The molecule has 9 aromatic carbocycles. The maximum Gasteiger partial charge on any atom is 0.166 e. The molecule has 0 radical (unpaired) electrons. The summed E-state index contributed by atoms with van der Waals surface area (Å²) in [6.07, 6.45) is 0. The molecule has 0 atom stereocenters. The van der Waals surface area contributed by atoms with Gasteiger partial charge in [-0.15, -0.1) is 0 Å². The summed E-state index contributed by atoms with van der Waals surface area (Å²) in [4.78, 5) is 11.4. The standard InChI is InChI=1S/C58H36N6/c1-9-25-47-38(17-1)39-18-2-10-26-48(39)61(47)37-33-34-55(62-49-27-11-3-19-40(49)41-20-4-12-28-50(41)62)46(35-37)58-59-56(63-51-29-13-5-21-42(51)43-22-6-14-30-52(43)63)36-57(60-58)64-53-31-15-7-23-44(53)45-24-8-16-32-54(45)64/h1-36H. The van der Waals surface area contributed by atoms with Gasteiger partial charge < -0.3 is 9.13 Å². The second-order valence-corrected chi connectivity index (χ2v) is 16.6. The van der Waals surface area contributed by atoms with Gasteiger partial charge in [-0.2, -0.15) is 0 Å². The molecule has 0 saturated heterocycles. The maximum absolute atomic E-state index is 5.71. The van der Waals surface area contributed by atoms with Crippen molar-refractivity contribution in [1.82, 2.24) is 28.2 Å². The maximum atomic E-state index is 5.71. The summed E-state index contributed by atoms with van der Waals surface area (Å²) in [5.41, 5.74) is 11.8. The Labute approximate surface area is 366 Å². The first-order chi connectivity index (χ1) is 31.8. The lowest BCUT2D eigenvalue weighted by Gasteiger charge is -2.18. The van der Waals surface area contributed by atoms with Crippen LogP contribution in [0.15, 0.2) is 218 Å². The fraction of sp³-hybridized carbons (Fsp3) is 0. The van der Waals surface area contributed by atoms with Crippen LogP contribution in [0.3, 0.4) is 0 Å². The van der Waals surface area contributed by atoms with Crippen LogP contribution in [0.2, 0.25) is 0 Å². The molecule has 14 aromatic rings. The fourth-order valence-corrected chi connectivity index (χ4v) is 10.5. The molecular weight excluding hydrogens is 781 g/mol. The van der Waals surface area contributed by atoms with E-state index >= 15 is 0 Å². The van der Waals surface area contributed by atoms with E-state index < -0.39 is 0 Å². The van der Waals surface area contributed by atoms with Crippen molar-refractivity contribution in [2.24, 2.45) is 0 Å². The Bertz CT molecular complexity index is 3870. The van der Waals surface area contributed by atoms with Crippen molar-refractivity contribution in [3.05, 3.63) is 218 Å². The SMILES string of the molecule is c1ccc2c(c1)c1ccccc1n2-c1ccc(-n2c3ccccc3c3ccccc32)c(-c2nc(-n3c4ccccc4c4ccccc43)cc(-n3c4ccccc4c4ccccc43)n2)c1. The molecule has 0 N–H and O–H groups in total. The summed E-state index contributed by atoms with van der Waals surface area (Å²) in [5, 5.41) is 9.52. The molecule has 64 heavy (non-hydrogen) atoms. The molecule has 0 unspecified atom stereocenters. The lowest BCUT2D eigenvalue weighted by molar-refractivity contribution is 0.990. The molecule has 0 spiro atoms. The topological polar surface area (TPSA) is 45.5 Å². The van der Waals surface area contributed by atoms with E-state index in [0.717, 1.165) is 72.7 Å². The van der Waals surface area contributed by atoms with Crippen LogP contribution in [0.4, 0.5) is 0 Å². The van der Waals surface area contributed by atoms with Gasteiger partial charge in [-0.1, -0.05) is 146 Å². The normalized spacial score (nSPS) is 12.1. The number of para-hydroxylation sites is 8. The molecule has 6 nitrogen and oxygen atoms in total. The number of hydrogen-bond donors (Lipinski definition) is 0. The lowest BCUT2D eigenvalue weighted by atomic mass is 10.1. The number of hydrogen-bond acceptors (Lipinski definition) is 2. The number of rotatable bonds is 5. The second-order valence-electron chi connectivity index (χ2n) is 16.6. The zero-order chi connectivity index (χ0) is 41.9. The van der Waals surface area contributed by atoms with Gasteiger partial charge in [0.2, 0.25) is 0 Å². The third-order valence-corrected chi connectivity index (χ3v) is 13.2. The number of aromatic nitrogens is 6. The first-order valence-electron chi connectivity index (χ1n) is 21.8. The molecule has 0 bridgehead atoms. The van der Waals surface area contributed by atoms with Gasteiger partial charge in [-0.3, -0.25) is 9.13 Å². The Morgan fingerprint density at radius 2 is 0.531 bits per heavy atom. The number of benzene rings is 9. The molecule has 6 heteroatoms. The molecule has 5 heterocycles. The van der Waals surface area contributed by atoms with E-state index in [1.54, 1.807) is 0 Å². The first-order valence-corrected chi connectivity index (χ1v) is 21.8. The van der Waals surface area contributed by atoms with Crippen LogP contribution >= 0.6 is 0 Å². The minimum atomic E-state index is 0.621. The second kappa shape index (κ2) is 13.4.